The average Bonchev–Trinajstić information content (AvgIpc) is 2.21. The normalized spacial score (nSPS) is 10.3. The van der Waals surface area contributed by atoms with Gasteiger partial charge in [-0.25, -0.2) is 13.2 Å². The van der Waals surface area contributed by atoms with E-state index in [-0.39, 0.29) is 17.2 Å². The highest BCUT2D eigenvalue weighted by molar-refractivity contribution is 5.44. The van der Waals surface area contributed by atoms with Crippen LogP contribution in [0.2, 0.25) is 0 Å². The van der Waals surface area contributed by atoms with Crippen molar-refractivity contribution in [1.82, 2.24) is 0 Å². The van der Waals surface area contributed by atoms with Gasteiger partial charge in [-0.1, -0.05) is 0 Å². The minimum Gasteiger partial charge on any atom is -0.454 e. The third-order valence-electron chi connectivity index (χ3n) is 2.02. The van der Waals surface area contributed by atoms with Crippen LogP contribution in [0.5, 0.6) is 11.5 Å². The lowest BCUT2D eigenvalue weighted by Crippen LogP contribution is -1.92. The van der Waals surface area contributed by atoms with Gasteiger partial charge in [-0.3, -0.25) is 0 Å². The molecule has 0 unspecified atom stereocenters. The Labute approximate surface area is 95.4 Å². The molecule has 0 spiro atoms. The fourth-order valence-electron chi connectivity index (χ4n) is 1.31. The van der Waals surface area contributed by atoms with Gasteiger partial charge in [0.2, 0.25) is 0 Å². The summed E-state index contributed by atoms with van der Waals surface area (Å²) in [6.07, 6.45) is 0. The molecule has 0 bridgehead atoms. The van der Waals surface area contributed by atoms with Crippen LogP contribution in [0, 0.1) is 17.5 Å². The standard InChI is InChI=1S/C12H8F3NO/c13-7-3-8(14)5-10(4-7)17-12-2-1-9(16)6-11(12)15/h1-6H,16H2. The van der Waals surface area contributed by atoms with Gasteiger partial charge in [0, 0.05) is 30.0 Å². The number of halogens is 3. The zero-order chi connectivity index (χ0) is 12.4. The molecule has 0 aliphatic heterocycles. The lowest BCUT2D eigenvalue weighted by Gasteiger charge is -2.07. The zero-order valence-electron chi connectivity index (χ0n) is 8.58. The van der Waals surface area contributed by atoms with Gasteiger partial charge in [-0.05, 0) is 12.1 Å². The van der Waals surface area contributed by atoms with Gasteiger partial charge in [-0.2, -0.15) is 0 Å². The number of nitrogens with two attached hydrogens (primary N) is 1. The fourth-order valence-corrected chi connectivity index (χ4v) is 1.31. The van der Waals surface area contributed by atoms with Crippen molar-refractivity contribution in [1.29, 1.82) is 0 Å². The fraction of sp³-hybridized carbons (Fsp3) is 0. The molecule has 2 N–H and O–H groups in total. The molecule has 0 saturated heterocycles. The predicted molar refractivity (Wildman–Crippen MR) is 57.2 cm³/mol. The Morgan fingerprint density at radius 1 is 0.882 bits per heavy atom. The number of anilines is 1. The predicted octanol–water partition coefficient (Wildman–Crippen LogP) is 3.48. The van der Waals surface area contributed by atoms with Crippen LogP contribution in [0.4, 0.5) is 18.9 Å². The lowest BCUT2D eigenvalue weighted by atomic mass is 10.3. The van der Waals surface area contributed by atoms with Crippen LogP contribution >= 0.6 is 0 Å². The van der Waals surface area contributed by atoms with Crippen LogP contribution in [0.25, 0.3) is 0 Å². The van der Waals surface area contributed by atoms with Crippen molar-refractivity contribution in [3.8, 4) is 11.5 Å². The SMILES string of the molecule is Nc1ccc(Oc2cc(F)cc(F)c2)c(F)c1. The lowest BCUT2D eigenvalue weighted by molar-refractivity contribution is 0.434. The molecule has 0 fully saturated rings. The average molecular weight is 239 g/mol. The van der Waals surface area contributed by atoms with E-state index in [1.807, 2.05) is 0 Å². The van der Waals surface area contributed by atoms with Gasteiger partial charge < -0.3 is 10.5 Å². The Bertz CT molecular complexity index is 537. The van der Waals surface area contributed by atoms with E-state index < -0.39 is 17.5 Å². The van der Waals surface area contributed by atoms with E-state index >= 15 is 0 Å². The summed E-state index contributed by atoms with van der Waals surface area (Å²) in [5, 5.41) is 0. The highest BCUT2D eigenvalue weighted by atomic mass is 19.1. The van der Waals surface area contributed by atoms with Crippen LogP contribution in [0.1, 0.15) is 0 Å². The molecule has 0 aromatic heterocycles. The summed E-state index contributed by atoms with van der Waals surface area (Å²) < 4.78 is 44.1. The number of hydrogen-bond acceptors (Lipinski definition) is 2. The molecule has 0 heterocycles. The molecule has 0 saturated carbocycles. The van der Waals surface area contributed by atoms with Gasteiger partial charge in [0.1, 0.15) is 17.4 Å². The second-order valence-corrected chi connectivity index (χ2v) is 3.40. The summed E-state index contributed by atoms with van der Waals surface area (Å²) in [6.45, 7) is 0. The Morgan fingerprint density at radius 3 is 2.12 bits per heavy atom. The molecule has 0 atom stereocenters. The third kappa shape index (κ3) is 2.69. The van der Waals surface area contributed by atoms with Gasteiger partial charge in [0.15, 0.2) is 11.6 Å². The van der Waals surface area contributed by atoms with E-state index in [1.165, 1.54) is 12.1 Å². The number of rotatable bonds is 2. The Kier molecular flexibility index (Phi) is 2.91. The van der Waals surface area contributed by atoms with Crippen molar-refractivity contribution in [2.24, 2.45) is 0 Å². The van der Waals surface area contributed by atoms with Crippen molar-refractivity contribution in [2.75, 3.05) is 5.73 Å². The molecular formula is C12H8F3NO. The highest BCUT2D eigenvalue weighted by Gasteiger charge is 2.07. The zero-order valence-corrected chi connectivity index (χ0v) is 8.58. The summed E-state index contributed by atoms with van der Waals surface area (Å²) in [4.78, 5) is 0. The van der Waals surface area contributed by atoms with E-state index in [4.69, 9.17) is 10.5 Å². The highest BCUT2D eigenvalue weighted by Crippen LogP contribution is 2.26. The van der Waals surface area contributed by atoms with Crippen molar-refractivity contribution < 1.29 is 17.9 Å². The van der Waals surface area contributed by atoms with Crippen LogP contribution in [0.15, 0.2) is 36.4 Å². The van der Waals surface area contributed by atoms with E-state index in [0.29, 0.717) is 6.07 Å². The Hall–Kier alpha value is -2.17. The van der Waals surface area contributed by atoms with Crippen molar-refractivity contribution in [3.63, 3.8) is 0 Å². The maximum absolute atomic E-state index is 13.3. The van der Waals surface area contributed by atoms with Gasteiger partial charge in [0.25, 0.3) is 0 Å². The maximum Gasteiger partial charge on any atom is 0.167 e. The monoisotopic (exact) mass is 239 g/mol. The quantitative estimate of drug-likeness (QED) is 0.814. The minimum absolute atomic E-state index is 0.119. The molecule has 2 rings (SSSR count). The number of nitrogen functional groups attached to an aromatic ring is 1. The summed E-state index contributed by atoms with van der Waals surface area (Å²) in [6, 6.07) is 6.39. The van der Waals surface area contributed by atoms with Crippen molar-refractivity contribution in [2.45, 2.75) is 0 Å². The molecule has 88 valence electrons. The molecule has 2 aromatic rings. The second kappa shape index (κ2) is 4.37. The van der Waals surface area contributed by atoms with E-state index in [2.05, 4.69) is 0 Å². The minimum atomic E-state index is -0.796. The number of hydrogen-bond donors (Lipinski definition) is 1. The van der Waals surface area contributed by atoms with Gasteiger partial charge in [-0.15, -0.1) is 0 Å². The molecule has 17 heavy (non-hydrogen) atoms. The first-order valence-corrected chi connectivity index (χ1v) is 4.73. The maximum atomic E-state index is 13.3. The van der Waals surface area contributed by atoms with Crippen molar-refractivity contribution in [3.05, 3.63) is 53.8 Å². The van der Waals surface area contributed by atoms with Crippen LogP contribution < -0.4 is 10.5 Å². The second-order valence-electron chi connectivity index (χ2n) is 3.40. The van der Waals surface area contributed by atoms with Crippen LogP contribution in [-0.2, 0) is 0 Å². The molecule has 0 amide bonds. The first kappa shape index (κ1) is 11.3. The topological polar surface area (TPSA) is 35.2 Å². The van der Waals surface area contributed by atoms with Crippen molar-refractivity contribution >= 4 is 5.69 Å². The van der Waals surface area contributed by atoms with E-state index in [9.17, 15) is 13.2 Å². The third-order valence-corrected chi connectivity index (χ3v) is 2.02. The molecule has 2 aromatic carbocycles. The smallest absolute Gasteiger partial charge is 0.167 e. The molecule has 5 heteroatoms. The first-order valence-electron chi connectivity index (χ1n) is 4.73. The summed E-state index contributed by atoms with van der Waals surface area (Å²) in [7, 11) is 0. The summed E-state index contributed by atoms with van der Waals surface area (Å²) >= 11 is 0. The Balaban J connectivity index is 2.31. The van der Waals surface area contributed by atoms with Crippen LogP contribution in [0.3, 0.4) is 0 Å². The molecule has 0 radical (unpaired) electrons. The Morgan fingerprint density at radius 2 is 1.53 bits per heavy atom. The largest absolute Gasteiger partial charge is 0.454 e. The first-order chi connectivity index (χ1) is 8.04. The summed E-state index contributed by atoms with van der Waals surface area (Å²) in [5.74, 6) is -2.56. The molecule has 2 nitrogen and oxygen atoms in total. The van der Waals surface area contributed by atoms with Gasteiger partial charge >= 0.3 is 0 Å². The molecule has 0 aliphatic rings. The molecule has 0 aliphatic carbocycles. The number of benzene rings is 2. The van der Waals surface area contributed by atoms with Gasteiger partial charge in [0.05, 0.1) is 0 Å². The van der Waals surface area contributed by atoms with E-state index in [1.54, 1.807) is 0 Å². The van der Waals surface area contributed by atoms with Crippen LogP contribution in [-0.4, -0.2) is 0 Å². The molecular weight excluding hydrogens is 231 g/mol. The number of ether oxygens (including phenoxy) is 1. The summed E-state index contributed by atoms with van der Waals surface area (Å²) in [5.41, 5.74) is 5.59. The van der Waals surface area contributed by atoms with E-state index in [0.717, 1.165) is 18.2 Å².